The molecule has 3 fully saturated rings. The number of alkyl halides is 1. The number of hydrogen-bond acceptors (Lipinski definition) is 14. The van der Waals surface area contributed by atoms with Crippen LogP contribution in [0.4, 0.5) is 13.2 Å². The van der Waals surface area contributed by atoms with Crippen LogP contribution in [-0.2, 0) is 66.1 Å². The Morgan fingerprint density at radius 1 is 0.667 bits per heavy atom. The summed E-state index contributed by atoms with van der Waals surface area (Å²) in [6.07, 6.45) is 11.4. The first-order chi connectivity index (χ1) is 43.1. The van der Waals surface area contributed by atoms with Crippen molar-refractivity contribution < 1.29 is 171 Å². The van der Waals surface area contributed by atoms with Crippen LogP contribution in [-0.4, -0.2) is 114 Å². The van der Waals surface area contributed by atoms with Crippen molar-refractivity contribution in [2.45, 2.75) is 129 Å². The number of aryl methyl sites for hydroxylation is 2. The monoisotopic (exact) mass is 1420 g/mol. The number of para-hydroxylation sites is 2. The van der Waals surface area contributed by atoms with Crippen LogP contribution in [0.15, 0.2) is 103 Å². The Balaban J connectivity index is 0.000000622. The van der Waals surface area contributed by atoms with Crippen molar-refractivity contribution in [2.75, 3.05) is 19.0 Å². The van der Waals surface area contributed by atoms with Crippen LogP contribution in [0.25, 0.3) is 21.8 Å². The van der Waals surface area contributed by atoms with Gasteiger partial charge in [-0.05, 0) is 99.2 Å². The van der Waals surface area contributed by atoms with Crippen LogP contribution in [0.1, 0.15) is 117 Å². The van der Waals surface area contributed by atoms with Crippen molar-refractivity contribution in [3.63, 3.8) is 0 Å². The molecule has 0 unspecified atom stereocenters. The Kier molecular flexibility index (Phi) is 40.1. The van der Waals surface area contributed by atoms with Crippen molar-refractivity contribution in [2.24, 2.45) is 17.2 Å². The van der Waals surface area contributed by atoms with Crippen molar-refractivity contribution in [3.05, 3.63) is 164 Å². The summed E-state index contributed by atoms with van der Waals surface area (Å²) in [5, 5.41) is 32.4. The molecule has 4 amide bonds. The number of nitrogens with one attached hydrogen (secondary N) is 2. The van der Waals surface area contributed by atoms with Gasteiger partial charge in [-0.15, -0.1) is 11.6 Å². The molecule has 0 atom stereocenters. The average Bonchev–Trinajstić information content (AvgIpc) is 1.68. The van der Waals surface area contributed by atoms with Crippen molar-refractivity contribution in [1.82, 2.24) is 35.1 Å². The molecule has 30 heteroatoms. The number of fused-ring (bicyclic) bond motifs is 2. The molecule has 10 rings (SSSR count). The second kappa shape index (κ2) is 44.2. The maximum absolute atomic E-state index is 14.1. The first kappa shape index (κ1) is 84.4. The number of aromatic nitrogens is 4. The summed E-state index contributed by atoms with van der Waals surface area (Å²) in [6.45, 7) is -0.418. The van der Waals surface area contributed by atoms with E-state index < -0.39 is 41.1 Å². The van der Waals surface area contributed by atoms with E-state index in [1.807, 2.05) is 0 Å². The van der Waals surface area contributed by atoms with Gasteiger partial charge in [0.2, 0.25) is 11.8 Å². The largest absolute Gasteiger partial charge is 1.00 e. The second-order valence-electron chi connectivity index (χ2n) is 20.8. The van der Waals surface area contributed by atoms with Crippen LogP contribution in [0.5, 0.6) is 0 Å². The van der Waals surface area contributed by atoms with E-state index in [1.54, 1.807) is 78.9 Å². The Morgan fingerprint density at radius 2 is 1.09 bits per heavy atom. The number of rotatable bonds is 22. The molecule has 2 aromatic heterocycles. The number of nitrogens with two attached hydrogens (primary N) is 3. The van der Waals surface area contributed by atoms with Crippen LogP contribution < -0.4 is 136 Å². The van der Waals surface area contributed by atoms with Gasteiger partial charge in [0, 0.05) is 53.8 Å². The number of carboxylic acid groups (broad SMARTS) is 1. The number of carboxylic acids is 1. The summed E-state index contributed by atoms with van der Waals surface area (Å²) in [6, 6.07) is 29.1. The molecule has 7 aromatic rings. The smallest absolute Gasteiger partial charge is 1.00 e. The molecule has 3 aliphatic rings. The van der Waals surface area contributed by atoms with Crippen LogP contribution in [0.3, 0.4) is 0 Å². The van der Waals surface area contributed by atoms with Crippen molar-refractivity contribution in [1.29, 1.82) is 0 Å². The maximum Gasteiger partial charge on any atom is 1.00 e. The molecule has 492 valence electrons. The van der Waals surface area contributed by atoms with Crippen molar-refractivity contribution >= 4 is 116 Å². The molecule has 0 spiro atoms. The summed E-state index contributed by atoms with van der Waals surface area (Å²) >= 11 is 22.4. The Hall–Kier alpha value is -4.70. The zero-order chi connectivity index (χ0) is 65.9. The fraction of sp³-hybridized carbons (Fsp3) is 0.365. The fourth-order valence-corrected chi connectivity index (χ4v) is 9.63. The second-order valence-corrected chi connectivity index (χ2v) is 22.3. The standard InChI is InChI=1S/C23H23ClFN5O3.C14H17ClFNO.C10H9Cl2FO.C10H9N3O3.C4H9N.CH2O3.CH4.2K.H/c24-17-9-3-5-14(21(17)25)11-27-19(31)12-29(15-6-4-7-15)20(32)13-30-18-10-2-1-8-16(18)22(28-30)23(26)33;15-13-6-1-3-10(14(13)16)7-8-12(18)9-17-11-4-2-5-11;11-6-8(14)5-4-7-2-1-3-9(12)10(7)13;11-10(16)9-6-3-1-2-4-7(6)13(12-9)5-8(14)15;5-4-2-1-3-4;2-1-4-3;;;;/h1-3,5,8-10,15H,4,6-7,11-13H2,(H2,26,33)(H,27,31);1,3,6,11,17H,2,4-5,7-9H2;1-3H,4-6H2;1-4H,5H2,(H2,11,16)(H,14,15);4H,1-3,5H2;1,3H;1H4;;;/q;;;;;;;2*+1;-1/p-1. The normalized spacial score (nSPS) is 12.7. The zero-order valence-electron chi connectivity index (χ0n) is 51.7. The molecule has 5 aromatic carbocycles. The van der Waals surface area contributed by atoms with E-state index in [0.717, 1.165) is 32.1 Å². The molecule has 0 bridgehead atoms. The Bertz CT molecular complexity index is 3630. The third-order valence-corrected chi connectivity index (χ3v) is 15.6. The molecular formula is C63H73Cl4F3K2N10O11. The number of halogens is 7. The topological polar surface area (TPSA) is 330 Å². The number of amides is 4. The fourth-order valence-electron chi connectivity index (χ4n) is 8.91. The van der Waals surface area contributed by atoms with Crippen LogP contribution >= 0.6 is 46.4 Å². The molecular weight excluding hydrogens is 1350 g/mol. The quantitative estimate of drug-likeness (QED) is 0.0187. The number of carbonyl (C=O) groups is 8. The molecule has 93 heavy (non-hydrogen) atoms. The van der Waals surface area contributed by atoms with Gasteiger partial charge >= 0.3 is 109 Å². The predicted molar refractivity (Wildman–Crippen MR) is 339 cm³/mol. The number of benzene rings is 5. The minimum Gasteiger partial charge on any atom is -1.00 e. The Morgan fingerprint density at radius 3 is 1.47 bits per heavy atom. The number of Topliss-reactive ketones (excluding diaryl/α,β-unsaturated/α-hetero) is 2. The summed E-state index contributed by atoms with van der Waals surface area (Å²) < 4.78 is 43.6. The van der Waals surface area contributed by atoms with Gasteiger partial charge in [-0.25, -0.2) is 13.2 Å². The number of nitrogens with zero attached hydrogens (tertiary/aromatic N) is 5. The van der Waals surface area contributed by atoms with E-state index in [-0.39, 0.29) is 212 Å². The molecule has 3 saturated carbocycles. The van der Waals surface area contributed by atoms with Gasteiger partial charge in [0.05, 0.1) is 45.1 Å². The number of carbonyl (C=O) groups excluding carboxylic acids is 7. The summed E-state index contributed by atoms with van der Waals surface area (Å²) in [7, 11) is 0. The summed E-state index contributed by atoms with van der Waals surface area (Å²) in [4.78, 5) is 94.5. The molecule has 0 radical (unpaired) electrons. The van der Waals surface area contributed by atoms with Crippen LogP contribution in [0.2, 0.25) is 15.1 Å². The number of primary amides is 2. The zero-order valence-corrected chi connectivity index (χ0v) is 60.0. The molecule has 21 nitrogen and oxygen atoms in total. The van der Waals surface area contributed by atoms with Gasteiger partial charge < -0.3 is 49.4 Å². The summed E-state index contributed by atoms with van der Waals surface area (Å²) in [5.41, 5.74) is 18.6. The van der Waals surface area contributed by atoms with Gasteiger partial charge in [0.1, 0.15) is 42.1 Å². The van der Waals surface area contributed by atoms with Gasteiger partial charge in [0.25, 0.3) is 18.3 Å². The Labute approximate surface area is 642 Å². The summed E-state index contributed by atoms with van der Waals surface area (Å²) in [5.74, 6) is -4.50. The molecule has 3 aliphatic carbocycles. The van der Waals surface area contributed by atoms with Gasteiger partial charge in [0.15, 0.2) is 11.4 Å². The van der Waals surface area contributed by atoms with Crippen LogP contribution in [0, 0.1) is 17.5 Å². The van der Waals surface area contributed by atoms with Gasteiger partial charge in [-0.1, -0.05) is 128 Å². The molecule has 0 saturated heterocycles. The molecule has 0 aliphatic heterocycles. The van der Waals surface area contributed by atoms with Gasteiger partial charge in [-0.3, -0.25) is 47.7 Å². The number of ketones is 2. The predicted octanol–water partition coefficient (Wildman–Crippen LogP) is 2.88. The van der Waals surface area contributed by atoms with E-state index in [2.05, 4.69) is 25.7 Å². The average molecular weight is 1420 g/mol. The van der Waals surface area contributed by atoms with Gasteiger partial charge in [-0.2, -0.15) is 10.2 Å². The third-order valence-electron chi connectivity index (χ3n) is 14.5. The van der Waals surface area contributed by atoms with E-state index in [1.165, 1.54) is 64.2 Å². The maximum atomic E-state index is 14.1. The minimum absolute atomic E-state index is 0. The van der Waals surface area contributed by atoms with E-state index in [4.69, 9.17) is 78.8 Å². The first-order valence-electron chi connectivity index (χ1n) is 28.4. The van der Waals surface area contributed by atoms with E-state index in [0.29, 0.717) is 70.8 Å². The molecule has 2 heterocycles. The third kappa shape index (κ3) is 27.4. The first-order valence-corrected chi connectivity index (χ1v) is 30.1. The van der Waals surface area contributed by atoms with Crippen molar-refractivity contribution in [3.8, 4) is 0 Å². The number of hydrogen-bond donors (Lipinski definition) is 6. The minimum atomic E-state index is -1.02. The van der Waals surface area contributed by atoms with E-state index in [9.17, 15) is 46.7 Å². The number of aliphatic carboxylic acids is 1. The molecule has 9 N–H and O–H groups in total. The van der Waals surface area contributed by atoms with E-state index >= 15 is 0 Å². The SMILES string of the molecule is C.NC(=O)c1nn(CC(=O)N(CC(=O)NCc2cccc(Cl)c2F)C2CCC2)c2ccccc12.NC(=O)c1nn(CC(=O)O)c2ccccc12.NC1CCC1.O=C(CCc1cccc(Cl)c1F)CNC1CCC1.O=C(CCl)CCc1cccc(Cl)c1F.O=CO[O-].[H-].[K+].[K+].